The van der Waals surface area contributed by atoms with Gasteiger partial charge in [-0.15, -0.1) is 0 Å². The monoisotopic (exact) mass is 469 g/mol. The van der Waals surface area contributed by atoms with E-state index < -0.39 is 0 Å². The number of halogens is 1. The number of hydrogen-bond acceptors (Lipinski definition) is 7. The molecule has 1 heterocycles. The first-order chi connectivity index (χ1) is 15.7. The fourth-order valence-corrected chi connectivity index (χ4v) is 2.79. The standard InChI is InChI=1S/C23H32ClNO7/c1-27-8-9-28-10-11-29-12-13-30-14-15-31-16-17-32-19-20-2-5-22(6-3-20)25-18-21(24)4-7-23(25)26/h2-7,18H,8-17,19H2,1H3. The van der Waals surface area contributed by atoms with Crippen LogP contribution in [0.2, 0.25) is 5.02 Å². The molecule has 0 aliphatic heterocycles. The highest BCUT2D eigenvalue weighted by molar-refractivity contribution is 6.30. The van der Waals surface area contributed by atoms with Crippen LogP contribution in [0.1, 0.15) is 5.56 Å². The molecular formula is C23H32ClNO7. The van der Waals surface area contributed by atoms with Gasteiger partial charge in [-0.25, -0.2) is 0 Å². The fourth-order valence-electron chi connectivity index (χ4n) is 2.63. The van der Waals surface area contributed by atoms with E-state index in [1.807, 2.05) is 24.3 Å². The molecular weight excluding hydrogens is 438 g/mol. The van der Waals surface area contributed by atoms with E-state index in [1.54, 1.807) is 19.4 Å². The molecule has 0 bridgehead atoms. The molecule has 0 amide bonds. The molecule has 0 radical (unpaired) electrons. The zero-order chi connectivity index (χ0) is 22.9. The minimum Gasteiger partial charge on any atom is -0.382 e. The molecule has 0 aliphatic rings. The second-order valence-electron chi connectivity index (χ2n) is 6.72. The number of hydrogen-bond donors (Lipinski definition) is 0. The third kappa shape index (κ3) is 11.2. The summed E-state index contributed by atoms with van der Waals surface area (Å²) in [5.74, 6) is 0. The van der Waals surface area contributed by atoms with Crippen LogP contribution in [-0.4, -0.2) is 77.7 Å². The van der Waals surface area contributed by atoms with Gasteiger partial charge in [0.2, 0.25) is 0 Å². The number of aromatic nitrogens is 1. The van der Waals surface area contributed by atoms with Crippen LogP contribution >= 0.6 is 11.6 Å². The molecule has 8 nitrogen and oxygen atoms in total. The molecule has 2 aromatic rings. The SMILES string of the molecule is COCCOCCOCCOCCOCCOCc1ccc(-n2cc(Cl)ccc2=O)cc1. The van der Waals surface area contributed by atoms with Crippen molar-refractivity contribution >= 4 is 11.6 Å². The largest absolute Gasteiger partial charge is 0.382 e. The minimum atomic E-state index is -0.129. The first-order valence-corrected chi connectivity index (χ1v) is 10.9. The Labute approximate surface area is 193 Å². The van der Waals surface area contributed by atoms with E-state index in [2.05, 4.69) is 0 Å². The summed E-state index contributed by atoms with van der Waals surface area (Å²) in [5, 5.41) is 0.510. The maximum absolute atomic E-state index is 11.9. The van der Waals surface area contributed by atoms with Crippen LogP contribution in [0.25, 0.3) is 5.69 Å². The second kappa shape index (κ2) is 16.8. The van der Waals surface area contributed by atoms with Gasteiger partial charge in [0, 0.05) is 25.1 Å². The average Bonchev–Trinajstić information content (AvgIpc) is 2.81. The Bertz CT molecular complexity index is 798. The lowest BCUT2D eigenvalue weighted by molar-refractivity contribution is -0.0157. The number of ether oxygens (including phenoxy) is 6. The van der Waals surface area contributed by atoms with Gasteiger partial charge in [-0.1, -0.05) is 23.7 Å². The molecule has 0 saturated carbocycles. The van der Waals surface area contributed by atoms with Gasteiger partial charge in [0.25, 0.3) is 5.56 Å². The highest BCUT2D eigenvalue weighted by atomic mass is 35.5. The Balaban J connectivity index is 1.44. The van der Waals surface area contributed by atoms with Crippen molar-refractivity contribution in [2.24, 2.45) is 0 Å². The van der Waals surface area contributed by atoms with Crippen molar-refractivity contribution in [3.63, 3.8) is 0 Å². The molecule has 0 unspecified atom stereocenters. The Morgan fingerprint density at radius 2 is 1.19 bits per heavy atom. The third-order valence-electron chi connectivity index (χ3n) is 4.28. The first-order valence-electron chi connectivity index (χ1n) is 10.6. The normalized spacial score (nSPS) is 11.2. The molecule has 178 valence electrons. The van der Waals surface area contributed by atoms with E-state index in [0.29, 0.717) is 77.7 Å². The first kappa shape index (κ1) is 26.5. The van der Waals surface area contributed by atoms with E-state index in [4.69, 9.17) is 40.0 Å². The number of benzene rings is 1. The maximum Gasteiger partial charge on any atom is 0.255 e. The number of pyridine rings is 1. The van der Waals surface area contributed by atoms with Gasteiger partial charge >= 0.3 is 0 Å². The van der Waals surface area contributed by atoms with E-state index in [-0.39, 0.29) is 5.56 Å². The zero-order valence-corrected chi connectivity index (χ0v) is 19.3. The third-order valence-corrected chi connectivity index (χ3v) is 4.50. The lowest BCUT2D eigenvalue weighted by Crippen LogP contribution is -2.15. The molecule has 9 heteroatoms. The van der Waals surface area contributed by atoms with E-state index in [9.17, 15) is 4.79 Å². The van der Waals surface area contributed by atoms with Crippen molar-refractivity contribution in [2.75, 3.05) is 73.2 Å². The highest BCUT2D eigenvalue weighted by Gasteiger charge is 2.01. The van der Waals surface area contributed by atoms with E-state index >= 15 is 0 Å². The maximum atomic E-state index is 11.9. The van der Waals surface area contributed by atoms with Gasteiger partial charge in [-0.05, 0) is 23.8 Å². The summed E-state index contributed by atoms with van der Waals surface area (Å²) in [6, 6.07) is 10.6. The predicted octanol–water partition coefficient (Wildman–Crippen LogP) is 2.72. The van der Waals surface area contributed by atoms with E-state index in [1.165, 1.54) is 10.6 Å². The Morgan fingerprint density at radius 3 is 1.72 bits per heavy atom. The summed E-state index contributed by atoms with van der Waals surface area (Å²) in [6.45, 7) is 5.79. The fraction of sp³-hybridized carbons (Fsp3) is 0.522. The van der Waals surface area contributed by atoms with Gasteiger partial charge in [0.15, 0.2) is 0 Å². The molecule has 0 atom stereocenters. The van der Waals surface area contributed by atoms with Crippen LogP contribution < -0.4 is 5.56 Å². The van der Waals surface area contributed by atoms with Crippen LogP contribution in [0.15, 0.2) is 47.4 Å². The van der Waals surface area contributed by atoms with Gasteiger partial charge in [0.1, 0.15) is 0 Å². The molecule has 1 aromatic carbocycles. The zero-order valence-electron chi connectivity index (χ0n) is 18.5. The van der Waals surface area contributed by atoms with Gasteiger partial charge in [-0.2, -0.15) is 0 Å². The summed E-state index contributed by atoms with van der Waals surface area (Å²) >= 11 is 5.97. The van der Waals surface area contributed by atoms with E-state index in [0.717, 1.165) is 11.3 Å². The number of rotatable bonds is 18. The second-order valence-corrected chi connectivity index (χ2v) is 7.15. The Hall–Kier alpha value is -1.78. The van der Waals surface area contributed by atoms with Crippen LogP contribution in [0, 0.1) is 0 Å². The van der Waals surface area contributed by atoms with Gasteiger partial charge < -0.3 is 28.4 Å². The molecule has 0 N–H and O–H groups in total. The van der Waals surface area contributed by atoms with Crippen LogP contribution in [0.4, 0.5) is 0 Å². The Morgan fingerprint density at radius 1 is 0.688 bits per heavy atom. The van der Waals surface area contributed by atoms with Crippen LogP contribution in [0.5, 0.6) is 0 Å². The molecule has 0 saturated heterocycles. The predicted molar refractivity (Wildman–Crippen MR) is 122 cm³/mol. The number of nitrogens with zero attached hydrogens (tertiary/aromatic N) is 1. The van der Waals surface area contributed by atoms with Crippen LogP contribution in [-0.2, 0) is 35.0 Å². The lowest BCUT2D eigenvalue weighted by Gasteiger charge is -2.09. The molecule has 0 spiro atoms. The van der Waals surface area contributed by atoms with Gasteiger partial charge in [-0.3, -0.25) is 9.36 Å². The summed E-state index contributed by atoms with van der Waals surface area (Å²) in [4.78, 5) is 11.9. The van der Waals surface area contributed by atoms with Crippen molar-refractivity contribution in [2.45, 2.75) is 6.61 Å². The van der Waals surface area contributed by atoms with Crippen LogP contribution in [0.3, 0.4) is 0 Å². The average molecular weight is 470 g/mol. The van der Waals surface area contributed by atoms with Crippen molar-refractivity contribution in [3.05, 3.63) is 63.5 Å². The molecule has 1 aromatic heterocycles. The Kier molecular flexibility index (Phi) is 13.9. The lowest BCUT2D eigenvalue weighted by atomic mass is 10.2. The minimum absolute atomic E-state index is 0.129. The molecule has 0 fully saturated rings. The summed E-state index contributed by atoms with van der Waals surface area (Å²) in [5.41, 5.74) is 1.64. The van der Waals surface area contributed by atoms with Crippen molar-refractivity contribution in [1.82, 2.24) is 4.57 Å². The highest BCUT2D eigenvalue weighted by Crippen LogP contribution is 2.12. The van der Waals surface area contributed by atoms with Gasteiger partial charge in [0.05, 0.1) is 77.7 Å². The van der Waals surface area contributed by atoms with Crippen molar-refractivity contribution in [3.8, 4) is 5.69 Å². The molecule has 0 aliphatic carbocycles. The number of methoxy groups -OCH3 is 1. The van der Waals surface area contributed by atoms with Crippen molar-refractivity contribution < 1.29 is 28.4 Å². The molecule has 32 heavy (non-hydrogen) atoms. The summed E-state index contributed by atoms with van der Waals surface area (Å²) in [6.07, 6.45) is 1.60. The summed E-state index contributed by atoms with van der Waals surface area (Å²) < 4.78 is 33.6. The topological polar surface area (TPSA) is 77.4 Å². The quantitative estimate of drug-likeness (QED) is 0.311. The van der Waals surface area contributed by atoms with Crippen molar-refractivity contribution in [1.29, 1.82) is 0 Å². The smallest absolute Gasteiger partial charge is 0.255 e. The molecule has 2 rings (SSSR count). The summed E-state index contributed by atoms with van der Waals surface area (Å²) in [7, 11) is 1.64.